The molecule has 112 valence electrons. The van der Waals surface area contributed by atoms with Crippen molar-refractivity contribution in [2.75, 3.05) is 13.1 Å². The summed E-state index contributed by atoms with van der Waals surface area (Å²) in [5.74, 6) is -0.100. The second-order valence-corrected chi connectivity index (χ2v) is 5.19. The van der Waals surface area contributed by atoms with E-state index in [-0.39, 0.29) is 24.4 Å². The zero-order chi connectivity index (χ0) is 14.1. The van der Waals surface area contributed by atoms with E-state index < -0.39 is 0 Å². The van der Waals surface area contributed by atoms with E-state index in [1.54, 1.807) is 15.8 Å². The van der Waals surface area contributed by atoms with Gasteiger partial charge in [0.05, 0.1) is 11.9 Å². The van der Waals surface area contributed by atoms with Gasteiger partial charge < -0.3 is 10.6 Å². The molecule has 0 aliphatic carbocycles. The average Bonchev–Trinajstić information content (AvgIpc) is 3.07. The Labute approximate surface area is 129 Å². The molecule has 1 atom stereocenters. The molecule has 1 fully saturated rings. The summed E-state index contributed by atoms with van der Waals surface area (Å²) in [5.41, 5.74) is 8.21. The van der Waals surface area contributed by atoms with Crippen molar-refractivity contribution in [1.82, 2.24) is 19.9 Å². The molecule has 1 saturated heterocycles. The van der Waals surface area contributed by atoms with Gasteiger partial charge in [-0.1, -0.05) is 17.3 Å². The van der Waals surface area contributed by atoms with E-state index in [2.05, 4.69) is 10.3 Å². The number of carbonyl (C=O) groups is 1. The Balaban J connectivity index is 0.00000161. The number of nitrogens with zero attached hydrogens (tertiary/aromatic N) is 4. The predicted molar refractivity (Wildman–Crippen MR) is 81.8 cm³/mol. The van der Waals surface area contributed by atoms with Crippen molar-refractivity contribution >= 4 is 18.3 Å². The van der Waals surface area contributed by atoms with E-state index in [0.29, 0.717) is 18.8 Å². The van der Waals surface area contributed by atoms with Crippen LogP contribution in [0.25, 0.3) is 5.69 Å². The van der Waals surface area contributed by atoms with E-state index in [4.69, 9.17) is 5.73 Å². The van der Waals surface area contributed by atoms with Crippen molar-refractivity contribution in [3.05, 3.63) is 41.7 Å². The summed E-state index contributed by atoms with van der Waals surface area (Å²) in [4.78, 5) is 14.0. The Hall–Kier alpha value is -1.92. The Kier molecular flexibility index (Phi) is 4.59. The highest BCUT2D eigenvalue weighted by Crippen LogP contribution is 2.13. The first-order valence-electron chi connectivity index (χ1n) is 6.68. The Morgan fingerprint density at radius 3 is 2.90 bits per heavy atom. The molecule has 0 radical (unpaired) electrons. The second kappa shape index (κ2) is 6.24. The van der Waals surface area contributed by atoms with Gasteiger partial charge in [-0.15, -0.1) is 17.5 Å². The number of hydrogen-bond acceptors (Lipinski definition) is 4. The van der Waals surface area contributed by atoms with Gasteiger partial charge in [-0.2, -0.15) is 0 Å². The molecule has 0 spiro atoms. The summed E-state index contributed by atoms with van der Waals surface area (Å²) < 4.78 is 1.62. The smallest absolute Gasteiger partial charge is 0.276 e. The Morgan fingerprint density at radius 1 is 1.43 bits per heavy atom. The van der Waals surface area contributed by atoms with E-state index in [1.807, 2.05) is 31.2 Å². The number of carbonyl (C=O) groups excluding carboxylic acids is 1. The molecule has 6 nitrogen and oxygen atoms in total. The van der Waals surface area contributed by atoms with Gasteiger partial charge in [0.25, 0.3) is 5.91 Å². The topological polar surface area (TPSA) is 77.0 Å². The number of benzene rings is 1. The summed E-state index contributed by atoms with van der Waals surface area (Å²) >= 11 is 0. The quantitative estimate of drug-likeness (QED) is 0.903. The molecule has 2 aromatic rings. The van der Waals surface area contributed by atoms with Crippen molar-refractivity contribution in [2.24, 2.45) is 5.73 Å². The molecule has 1 aromatic heterocycles. The Bertz CT molecular complexity index is 642. The molecule has 7 heteroatoms. The first-order chi connectivity index (χ1) is 9.63. The summed E-state index contributed by atoms with van der Waals surface area (Å²) in [7, 11) is 0. The molecule has 2 heterocycles. The van der Waals surface area contributed by atoms with Crippen molar-refractivity contribution in [1.29, 1.82) is 0 Å². The zero-order valence-corrected chi connectivity index (χ0v) is 12.6. The first-order valence-corrected chi connectivity index (χ1v) is 6.68. The van der Waals surface area contributed by atoms with Gasteiger partial charge in [0, 0.05) is 19.1 Å². The first kappa shape index (κ1) is 15.5. The molecule has 0 bridgehead atoms. The van der Waals surface area contributed by atoms with Crippen LogP contribution in [-0.4, -0.2) is 44.9 Å². The van der Waals surface area contributed by atoms with Crippen molar-refractivity contribution < 1.29 is 4.79 Å². The fraction of sp³-hybridized carbons (Fsp3) is 0.357. The van der Waals surface area contributed by atoms with E-state index in [1.165, 1.54) is 0 Å². The normalized spacial score (nSPS) is 17.6. The van der Waals surface area contributed by atoms with Crippen LogP contribution in [0, 0.1) is 6.92 Å². The summed E-state index contributed by atoms with van der Waals surface area (Å²) in [6.45, 7) is 3.30. The van der Waals surface area contributed by atoms with Gasteiger partial charge in [-0.05, 0) is 31.0 Å². The molecular weight excluding hydrogens is 290 g/mol. The van der Waals surface area contributed by atoms with Crippen LogP contribution in [0.15, 0.2) is 30.5 Å². The van der Waals surface area contributed by atoms with Crippen molar-refractivity contribution in [2.45, 2.75) is 19.4 Å². The number of amides is 1. The predicted octanol–water partition coefficient (Wildman–Crippen LogP) is 1.17. The van der Waals surface area contributed by atoms with Crippen LogP contribution in [0.1, 0.15) is 22.5 Å². The number of hydrogen-bond donors (Lipinski definition) is 1. The SMILES string of the molecule is Cc1cccc(-n2cc(C(=O)N3CCC(N)C3)nn2)c1.Cl. The van der Waals surface area contributed by atoms with Crippen LogP contribution in [0.3, 0.4) is 0 Å². The van der Waals surface area contributed by atoms with Gasteiger partial charge in [-0.3, -0.25) is 4.79 Å². The summed E-state index contributed by atoms with van der Waals surface area (Å²) in [6, 6.07) is 7.97. The number of rotatable bonds is 2. The lowest BCUT2D eigenvalue weighted by molar-refractivity contribution is 0.0785. The van der Waals surface area contributed by atoms with Crippen molar-refractivity contribution in [3.8, 4) is 5.69 Å². The zero-order valence-electron chi connectivity index (χ0n) is 11.8. The molecular formula is C14H18ClN5O. The number of likely N-dealkylation sites (tertiary alicyclic amines) is 1. The molecule has 1 amide bonds. The highest BCUT2D eigenvalue weighted by atomic mass is 35.5. The van der Waals surface area contributed by atoms with Gasteiger partial charge in [0.2, 0.25) is 0 Å². The molecule has 1 aliphatic heterocycles. The molecule has 3 rings (SSSR count). The highest BCUT2D eigenvalue weighted by Gasteiger charge is 2.26. The maximum absolute atomic E-state index is 12.3. The molecule has 2 N–H and O–H groups in total. The van der Waals surface area contributed by atoms with Crippen LogP contribution < -0.4 is 5.73 Å². The molecule has 1 aliphatic rings. The fourth-order valence-electron chi connectivity index (χ4n) is 2.39. The minimum Gasteiger partial charge on any atom is -0.336 e. The van der Waals surface area contributed by atoms with Crippen LogP contribution in [0.4, 0.5) is 0 Å². The third kappa shape index (κ3) is 3.22. The van der Waals surface area contributed by atoms with Crippen molar-refractivity contribution in [3.63, 3.8) is 0 Å². The standard InChI is InChI=1S/C14H17N5O.ClH/c1-10-3-2-4-12(7-10)19-9-13(16-17-19)14(20)18-6-5-11(15)8-18;/h2-4,7,9,11H,5-6,8,15H2,1H3;1H. The minimum absolute atomic E-state index is 0. The number of aryl methyl sites for hydroxylation is 1. The number of aromatic nitrogens is 3. The van der Waals surface area contributed by atoms with E-state index in [0.717, 1.165) is 17.7 Å². The maximum Gasteiger partial charge on any atom is 0.276 e. The molecule has 0 saturated carbocycles. The largest absolute Gasteiger partial charge is 0.336 e. The monoisotopic (exact) mass is 307 g/mol. The summed E-state index contributed by atoms with van der Waals surface area (Å²) in [6.07, 6.45) is 2.51. The van der Waals surface area contributed by atoms with Gasteiger partial charge in [0.15, 0.2) is 5.69 Å². The number of halogens is 1. The summed E-state index contributed by atoms with van der Waals surface area (Å²) in [5, 5.41) is 8.00. The third-order valence-corrected chi connectivity index (χ3v) is 3.49. The van der Waals surface area contributed by atoms with Gasteiger partial charge in [-0.25, -0.2) is 4.68 Å². The highest BCUT2D eigenvalue weighted by molar-refractivity contribution is 5.92. The Morgan fingerprint density at radius 2 is 2.24 bits per heavy atom. The second-order valence-electron chi connectivity index (χ2n) is 5.19. The van der Waals surface area contributed by atoms with E-state index >= 15 is 0 Å². The molecule has 21 heavy (non-hydrogen) atoms. The maximum atomic E-state index is 12.3. The van der Waals surface area contributed by atoms with Gasteiger partial charge in [0.1, 0.15) is 0 Å². The lowest BCUT2D eigenvalue weighted by Gasteiger charge is -2.13. The lowest BCUT2D eigenvalue weighted by Crippen LogP contribution is -2.32. The van der Waals surface area contributed by atoms with Crippen LogP contribution in [0.5, 0.6) is 0 Å². The number of nitrogens with two attached hydrogens (primary N) is 1. The van der Waals surface area contributed by atoms with Crippen LogP contribution in [0.2, 0.25) is 0 Å². The van der Waals surface area contributed by atoms with Crippen LogP contribution in [-0.2, 0) is 0 Å². The lowest BCUT2D eigenvalue weighted by atomic mass is 10.2. The molecule has 1 aromatic carbocycles. The minimum atomic E-state index is -0.100. The fourth-order valence-corrected chi connectivity index (χ4v) is 2.39. The average molecular weight is 308 g/mol. The third-order valence-electron chi connectivity index (χ3n) is 3.49. The van der Waals surface area contributed by atoms with Crippen LogP contribution >= 0.6 is 12.4 Å². The van der Waals surface area contributed by atoms with Gasteiger partial charge >= 0.3 is 0 Å². The molecule has 1 unspecified atom stereocenters. The van der Waals surface area contributed by atoms with E-state index in [9.17, 15) is 4.79 Å².